The summed E-state index contributed by atoms with van der Waals surface area (Å²) in [6.45, 7) is 3.65. The van der Waals surface area contributed by atoms with Crippen LogP contribution in [0.3, 0.4) is 0 Å². The molecule has 0 aromatic heterocycles. The highest BCUT2D eigenvalue weighted by molar-refractivity contribution is 7.80. The van der Waals surface area contributed by atoms with Gasteiger partial charge in [-0.3, -0.25) is 9.69 Å². The number of carbonyl (C=O) groups excluding carboxylic acids is 1. The molecule has 1 heterocycles. The molecule has 0 saturated carbocycles. The highest BCUT2D eigenvalue weighted by Crippen LogP contribution is 2.37. The van der Waals surface area contributed by atoms with Crippen LogP contribution in [0.25, 0.3) is 0 Å². The lowest BCUT2D eigenvalue weighted by Crippen LogP contribution is -2.49. The minimum atomic E-state index is -1.13. The Hall–Kier alpha value is -3.78. The second kappa shape index (κ2) is 9.61. The second-order valence-corrected chi connectivity index (χ2v) is 8.23. The molecule has 3 aromatic rings. The summed E-state index contributed by atoms with van der Waals surface area (Å²) in [5.41, 5.74) is 2.46. The Kier molecular flexibility index (Phi) is 6.61. The lowest BCUT2D eigenvalue weighted by Gasteiger charge is -2.38. The fraction of sp³-hybridized carbons (Fsp3) is 0.154. The number of benzene rings is 3. The molecular weight excluding hydrogens is 456 g/mol. The Morgan fingerprint density at radius 3 is 2.38 bits per heavy atom. The van der Waals surface area contributed by atoms with Crippen molar-refractivity contribution in [1.82, 2.24) is 5.32 Å². The van der Waals surface area contributed by atoms with Crippen LogP contribution in [0.2, 0.25) is 0 Å². The first-order valence-corrected chi connectivity index (χ1v) is 11.0. The number of ether oxygens (including phenoxy) is 1. The summed E-state index contributed by atoms with van der Waals surface area (Å²) in [6, 6.07) is 16.9. The number of halogens is 2. The smallest absolute Gasteiger partial charge is 0.255 e. The van der Waals surface area contributed by atoms with Crippen LogP contribution in [0.4, 0.5) is 20.2 Å². The average Bonchev–Trinajstić information content (AvgIpc) is 2.79. The van der Waals surface area contributed by atoms with Crippen molar-refractivity contribution in [3.63, 3.8) is 0 Å². The molecule has 2 N–H and O–H groups in total. The zero-order chi connectivity index (χ0) is 24.4. The summed E-state index contributed by atoms with van der Waals surface area (Å²) < 4.78 is 35.0. The van der Waals surface area contributed by atoms with Gasteiger partial charge in [-0.25, -0.2) is 8.78 Å². The van der Waals surface area contributed by atoms with E-state index in [0.717, 1.165) is 23.4 Å². The Bertz CT molecular complexity index is 1290. The second-order valence-electron chi connectivity index (χ2n) is 7.85. The number of rotatable bonds is 5. The maximum atomic E-state index is 14.8. The van der Waals surface area contributed by atoms with Gasteiger partial charge in [0.25, 0.3) is 5.91 Å². The summed E-state index contributed by atoms with van der Waals surface area (Å²) in [5, 5.41) is 6.03. The number of amides is 1. The molecule has 0 fully saturated rings. The van der Waals surface area contributed by atoms with Crippen LogP contribution in [0.15, 0.2) is 78.0 Å². The Balaban J connectivity index is 1.87. The number of nitrogens with one attached hydrogen (secondary N) is 2. The number of anilines is 2. The van der Waals surface area contributed by atoms with Gasteiger partial charge in [-0.05, 0) is 68.0 Å². The standard InChI is InChI=1S/C26H23F2N3O2S/c1-15-8-6-9-17(14-15)31-16(2)22(25(32)29-20-12-4-5-13-21(20)33-3)24(30-26(31)34)23-18(27)10-7-11-19(23)28/h4-14,24H,1-3H3,(H,29,32)(H,30,34). The summed E-state index contributed by atoms with van der Waals surface area (Å²) >= 11 is 5.59. The number of thiocarbonyl (C=S) groups is 1. The van der Waals surface area contributed by atoms with E-state index in [9.17, 15) is 13.6 Å². The third kappa shape index (κ3) is 4.36. The van der Waals surface area contributed by atoms with Crippen LogP contribution < -0.4 is 20.3 Å². The zero-order valence-electron chi connectivity index (χ0n) is 18.9. The predicted molar refractivity (Wildman–Crippen MR) is 133 cm³/mol. The molecule has 4 rings (SSSR count). The molecular formula is C26H23F2N3O2S. The van der Waals surface area contributed by atoms with Gasteiger partial charge >= 0.3 is 0 Å². The fourth-order valence-electron chi connectivity index (χ4n) is 4.06. The van der Waals surface area contributed by atoms with Crippen LogP contribution in [-0.2, 0) is 4.79 Å². The van der Waals surface area contributed by atoms with E-state index >= 15 is 0 Å². The van der Waals surface area contributed by atoms with Crippen LogP contribution >= 0.6 is 12.2 Å². The Morgan fingerprint density at radius 2 is 1.71 bits per heavy atom. The number of hydrogen-bond acceptors (Lipinski definition) is 3. The number of methoxy groups -OCH3 is 1. The molecule has 1 amide bonds. The first-order chi connectivity index (χ1) is 16.3. The van der Waals surface area contributed by atoms with Crippen molar-refractivity contribution in [2.24, 2.45) is 0 Å². The first kappa shape index (κ1) is 23.4. The van der Waals surface area contributed by atoms with E-state index in [1.165, 1.54) is 13.2 Å². The van der Waals surface area contributed by atoms with Gasteiger partial charge < -0.3 is 15.4 Å². The number of carbonyl (C=O) groups is 1. The fourth-order valence-corrected chi connectivity index (χ4v) is 4.42. The highest BCUT2D eigenvalue weighted by atomic mass is 32.1. The van der Waals surface area contributed by atoms with E-state index in [1.54, 1.807) is 36.1 Å². The Morgan fingerprint density at radius 1 is 1.03 bits per heavy atom. The normalized spacial score (nSPS) is 15.7. The molecule has 1 atom stereocenters. The monoisotopic (exact) mass is 479 g/mol. The first-order valence-electron chi connectivity index (χ1n) is 10.6. The van der Waals surface area contributed by atoms with Gasteiger partial charge in [0.2, 0.25) is 0 Å². The number of allylic oxidation sites excluding steroid dienone is 1. The summed E-state index contributed by atoms with van der Waals surface area (Å²) in [5.74, 6) is -1.64. The predicted octanol–water partition coefficient (Wildman–Crippen LogP) is 5.63. The quantitative estimate of drug-likeness (QED) is 0.465. The van der Waals surface area contributed by atoms with Crippen molar-refractivity contribution in [3.8, 4) is 5.75 Å². The van der Waals surface area contributed by atoms with E-state index in [2.05, 4.69) is 10.6 Å². The summed E-state index contributed by atoms with van der Waals surface area (Å²) in [6.07, 6.45) is 0. The van der Waals surface area contributed by atoms with Gasteiger partial charge in [0.05, 0.1) is 30.0 Å². The minimum absolute atomic E-state index is 0.130. The largest absolute Gasteiger partial charge is 0.495 e. The minimum Gasteiger partial charge on any atom is -0.495 e. The van der Waals surface area contributed by atoms with Crippen LogP contribution in [0, 0.1) is 18.6 Å². The highest BCUT2D eigenvalue weighted by Gasteiger charge is 2.37. The molecule has 174 valence electrons. The van der Waals surface area contributed by atoms with Crippen LogP contribution in [0.5, 0.6) is 5.75 Å². The lowest BCUT2D eigenvalue weighted by molar-refractivity contribution is -0.113. The van der Waals surface area contributed by atoms with Gasteiger partial charge in [0.1, 0.15) is 17.4 Å². The maximum absolute atomic E-state index is 14.8. The zero-order valence-corrected chi connectivity index (χ0v) is 19.7. The molecule has 0 saturated heterocycles. The van der Waals surface area contributed by atoms with Crippen molar-refractivity contribution in [3.05, 3.63) is 101 Å². The number of para-hydroxylation sites is 2. The molecule has 0 aliphatic carbocycles. The third-order valence-electron chi connectivity index (χ3n) is 5.63. The molecule has 1 unspecified atom stereocenters. The van der Waals surface area contributed by atoms with Crippen molar-refractivity contribution in [1.29, 1.82) is 0 Å². The van der Waals surface area contributed by atoms with E-state index in [0.29, 0.717) is 17.1 Å². The lowest BCUT2D eigenvalue weighted by atomic mass is 9.93. The SMILES string of the molecule is COc1ccccc1NC(=O)C1=C(C)N(c2cccc(C)c2)C(=S)NC1c1c(F)cccc1F. The van der Waals surface area contributed by atoms with E-state index in [-0.39, 0.29) is 16.2 Å². The number of aryl methyl sites for hydroxylation is 1. The van der Waals surface area contributed by atoms with Gasteiger partial charge in [-0.2, -0.15) is 0 Å². The van der Waals surface area contributed by atoms with Crippen molar-refractivity contribution in [2.75, 3.05) is 17.3 Å². The van der Waals surface area contributed by atoms with Crippen LogP contribution in [0.1, 0.15) is 24.1 Å². The summed E-state index contributed by atoms with van der Waals surface area (Å²) in [7, 11) is 1.49. The third-order valence-corrected chi connectivity index (χ3v) is 5.93. The molecule has 5 nitrogen and oxygen atoms in total. The topological polar surface area (TPSA) is 53.6 Å². The Labute approximate surface area is 202 Å². The van der Waals surface area contributed by atoms with E-state index in [4.69, 9.17) is 17.0 Å². The molecule has 34 heavy (non-hydrogen) atoms. The van der Waals surface area contributed by atoms with Gasteiger partial charge in [-0.15, -0.1) is 0 Å². The molecule has 0 spiro atoms. The van der Waals surface area contributed by atoms with Gasteiger partial charge in [0.15, 0.2) is 5.11 Å². The van der Waals surface area contributed by atoms with Crippen molar-refractivity contribution < 1.29 is 18.3 Å². The molecule has 1 aliphatic rings. The average molecular weight is 480 g/mol. The van der Waals surface area contributed by atoms with Crippen LogP contribution in [-0.4, -0.2) is 18.1 Å². The molecule has 0 bridgehead atoms. The molecule has 8 heteroatoms. The summed E-state index contributed by atoms with van der Waals surface area (Å²) in [4.78, 5) is 15.3. The van der Waals surface area contributed by atoms with Crippen molar-refractivity contribution >= 4 is 34.6 Å². The van der Waals surface area contributed by atoms with Crippen molar-refractivity contribution in [2.45, 2.75) is 19.9 Å². The maximum Gasteiger partial charge on any atom is 0.255 e. The molecule has 0 radical (unpaired) electrons. The van der Waals surface area contributed by atoms with E-state index in [1.807, 2.05) is 31.2 Å². The number of nitrogens with zero attached hydrogens (tertiary/aromatic N) is 1. The van der Waals surface area contributed by atoms with E-state index < -0.39 is 23.6 Å². The van der Waals surface area contributed by atoms with Gasteiger partial charge in [-0.1, -0.05) is 30.3 Å². The molecule has 3 aromatic carbocycles. The number of hydrogen-bond donors (Lipinski definition) is 2. The van der Waals surface area contributed by atoms with Gasteiger partial charge in [0, 0.05) is 11.4 Å². The molecule has 1 aliphatic heterocycles.